The molecule has 0 saturated carbocycles. The minimum absolute atomic E-state index is 0.104. The van der Waals surface area contributed by atoms with Crippen molar-refractivity contribution >= 4 is 0 Å². The van der Waals surface area contributed by atoms with E-state index in [-0.39, 0.29) is 17.6 Å². The summed E-state index contributed by atoms with van der Waals surface area (Å²) in [5.74, 6) is 0. The number of fused-ring (bicyclic) bond motifs is 2. The molecule has 3 heterocycles. The number of piperidine rings is 1. The van der Waals surface area contributed by atoms with Crippen LogP contribution in [0, 0.1) is 0 Å². The van der Waals surface area contributed by atoms with Crippen LogP contribution < -0.4 is 0 Å². The highest BCUT2D eigenvalue weighted by Crippen LogP contribution is 2.53. The van der Waals surface area contributed by atoms with Crippen LogP contribution in [0.4, 0.5) is 0 Å². The van der Waals surface area contributed by atoms with Crippen LogP contribution in [0.2, 0.25) is 0 Å². The fourth-order valence-corrected chi connectivity index (χ4v) is 5.44. The molecule has 5 heteroatoms. The summed E-state index contributed by atoms with van der Waals surface area (Å²) in [6.45, 7) is 4.91. The molecule has 2 aliphatic heterocycles. The Morgan fingerprint density at radius 2 is 2.00 bits per heavy atom. The molecular weight excluding hydrogens is 336 g/mol. The Kier molecular flexibility index (Phi) is 4.38. The first-order valence-electron chi connectivity index (χ1n) is 10.1. The van der Waals surface area contributed by atoms with E-state index < -0.39 is 0 Å². The van der Waals surface area contributed by atoms with Crippen molar-refractivity contribution in [3.8, 4) is 0 Å². The maximum Gasteiger partial charge on any atom is 0.0922 e. The summed E-state index contributed by atoms with van der Waals surface area (Å²) >= 11 is 0. The number of nitrogens with zero attached hydrogens (tertiary/aromatic N) is 3. The Morgan fingerprint density at radius 1 is 1.15 bits per heavy atom. The number of imidazole rings is 1. The molecule has 0 amide bonds. The molecule has 2 aromatic rings. The van der Waals surface area contributed by atoms with Gasteiger partial charge in [-0.2, -0.15) is 0 Å². The van der Waals surface area contributed by atoms with Gasteiger partial charge < -0.3 is 10.1 Å². The maximum absolute atomic E-state index is 11.6. The van der Waals surface area contributed by atoms with Gasteiger partial charge in [0.2, 0.25) is 0 Å². The standard InChI is InChI=1S/C22H28N4O/c27-21-20(26-10-4-1-5-11-26)18-6-2-3-7-19(18)22(21)8-12-25(13-9-22)15-17-14-23-16-24-17/h1-4,6-7,14,16,20-21,27H,5,8-13,15H2,(H,23,24)/t20-,21+/m1/s1. The minimum Gasteiger partial charge on any atom is -0.390 e. The molecule has 0 unspecified atom stereocenters. The largest absolute Gasteiger partial charge is 0.390 e. The van der Waals surface area contributed by atoms with Crippen molar-refractivity contribution < 1.29 is 5.11 Å². The van der Waals surface area contributed by atoms with Crippen LogP contribution in [0.15, 0.2) is 48.9 Å². The van der Waals surface area contributed by atoms with E-state index in [1.807, 2.05) is 6.20 Å². The van der Waals surface area contributed by atoms with Crippen molar-refractivity contribution in [1.82, 2.24) is 19.8 Å². The molecular formula is C22H28N4O. The number of rotatable bonds is 3. The zero-order valence-corrected chi connectivity index (χ0v) is 15.7. The summed E-state index contributed by atoms with van der Waals surface area (Å²) in [4.78, 5) is 12.3. The van der Waals surface area contributed by atoms with Gasteiger partial charge >= 0.3 is 0 Å². The smallest absolute Gasteiger partial charge is 0.0922 e. The van der Waals surface area contributed by atoms with E-state index in [1.165, 1.54) is 11.1 Å². The van der Waals surface area contributed by atoms with Crippen LogP contribution in [-0.4, -0.2) is 57.2 Å². The number of hydrogen-bond acceptors (Lipinski definition) is 4. The average molecular weight is 364 g/mol. The van der Waals surface area contributed by atoms with Crippen molar-refractivity contribution in [2.24, 2.45) is 0 Å². The first-order valence-corrected chi connectivity index (χ1v) is 10.1. The molecule has 1 aromatic carbocycles. The third kappa shape index (κ3) is 2.85. The maximum atomic E-state index is 11.6. The van der Waals surface area contributed by atoms with E-state index in [0.717, 1.165) is 57.7 Å². The van der Waals surface area contributed by atoms with Crippen LogP contribution in [0.3, 0.4) is 0 Å². The zero-order valence-electron chi connectivity index (χ0n) is 15.7. The second-order valence-corrected chi connectivity index (χ2v) is 8.24. The SMILES string of the molecule is O[C@H]1[C@H](N2CC=CCC2)c2ccccc2C12CCN(Cc1cnc[nH]1)CC2. The zero-order chi connectivity index (χ0) is 18.3. The Hall–Kier alpha value is -1.95. The molecule has 1 aliphatic carbocycles. The molecule has 1 saturated heterocycles. The highest BCUT2D eigenvalue weighted by Gasteiger charge is 2.53. The predicted octanol–water partition coefficient (Wildman–Crippen LogP) is 2.62. The minimum atomic E-state index is -0.323. The Balaban J connectivity index is 1.40. The van der Waals surface area contributed by atoms with Gasteiger partial charge in [-0.1, -0.05) is 36.4 Å². The lowest BCUT2D eigenvalue weighted by molar-refractivity contribution is -0.0142. The van der Waals surface area contributed by atoms with Gasteiger partial charge in [-0.25, -0.2) is 4.98 Å². The first-order chi connectivity index (χ1) is 13.3. The predicted molar refractivity (Wildman–Crippen MR) is 105 cm³/mol. The van der Waals surface area contributed by atoms with E-state index in [2.05, 4.69) is 56.2 Å². The number of benzene rings is 1. The Labute approximate surface area is 160 Å². The summed E-state index contributed by atoms with van der Waals surface area (Å²) in [5.41, 5.74) is 3.80. The van der Waals surface area contributed by atoms with E-state index in [1.54, 1.807) is 6.33 Å². The van der Waals surface area contributed by atoms with Gasteiger partial charge in [0.1, 0.15) is 0 Å². The Morgan fingerprint density at radius 3 is 2.74 bits per heavy atom. The quantitative estimate of drug-likeness (QED) is 0.822. The van der Waals surface area contributed by atoms with Gasteiger partial charge in [0.05, 0.1) is 18.5 Å². The third-order valence-corrected chi connectivity index (χ3v) is 6.86. The fraction of sp³-hybridized carbons (Fsp3) is 0.500. The molecule has 2 N–H and O–H groups in total. The molecule has 5 rings (SSSR count). The highest BCUT2D eigenvalue weighted by atomic mass is 16.3. The second kappa shape index (κ2) is 6.89. The van der Waals surface area contributed by atoms with E-state index in [0.29, 0.717) is 0 Å². The first kappa shape index (κ1) is 17.2. The summed E-state index contributed by atoms with van der Waals surface area (Å²) in [5, 5.41) is 11.6. The molecule has 1 spiro atoms. The molecule has 142 valence electrons. The van der Waals surface area contributed by atoms with Crippen LogP contribution >= 0.6 is 0 Å². The number of nitrogens with one attached hydrogen (secondary N) is 1. The average Bonchev–Trinajstić information content (AvgIpc) is 3.30. The van der Waals surface area contributed by atoms with Crippen LogP contribution in [-0.2, 0) is 12.0 Å². The lowest BCUT2D eigenvalue weighted by Gasteiger charge is -2.44. The topological polar surface area (TPSA) is 55.4 Å². The van der Waals surface area contributed by atoms with Crippen LogP contribution in [0.5, 0.6) is 0 Å². The van der Waals surface area contributed by atoms with Crippen molar-refractivity contribution in [2.75, 3.05) is 26.2 Å². The van der Waals surface area contributed by atoms with Crippen LogP contribution in [0.25, 0.3) is 0 Å². The molecule has 1 fully saturated rings. The Bertz CT molecular complexity index is 807. The molecule has 27 heavy (non-hydrogen) atoms. The van der Waals surface area contributed by atoms with Gasteiger partial charge in [0, 0.05) is 36.9 Å². The van der Waals surface area contributed by atoms with Gasteiger partial charge in [-0.3, -0.25) is 9.80 Å². The highest BCUT2D eigenvalue weighted by molar-refractivity contribution is 5.45. The second-order valence-electron chi connectivity index (χ2n) is 8.24. The molecule has 5 nitrogen and oxygen atoms in total. The number of H-pyrrole nitrogens is 1. The van der Waals surface area contributed by atoms with Crippen molar-refractivity contribution in [2.45, 2.75) is 43.4 Å². The van der Waals surface area contributed by atoms with Crippen molar-refractivity contribution in [1.29, 1.82) is 0 Å². The summed E-state index contributed by atoms with van der Waals surface area (Å²) in [7, 11) is 0. The van der Waals surface area contributed by atoms with E-state index >= 15 is 0 Å². The lowest BCUT2D eigenvalue weighted by atomic mass is 9.72. The summed E-state index contributed by atoms with van der Waals surface area (Å²) < 4.78 is 0. The van der Waals surface area contributed by atoms with E-state index in [9.17, 15) is 5.11 Å². The van der Waals surface area contributed by atoms with Crippen LogP contribution in [0.1, 0.15) is 42.1 Å². The molecule has 1 aromatic heterocycles. The molecule has 3 aliphatic rings. The number of aromatic nitrogens is 2. The number of aromatic amines is 1. The van der Waals surface area contributed by atoms with E-state index in [4.69, 9.17) is 0 Å². The lowest BCUT2D eigenvalue weighted by Crippen LogP contribution is -2.50. The fourth-order valence-electron chi connectivity index (χ4n) is 5.44. The molecule has 0 radical (unpaired) electrons. The number of aliphatic hydroxyl groups is 1. The van der Waals surface area contributed by atoms with Gasteiger partial charge in [0.25, 0.3) is 0 Å². The summed E-state index contributed by atoms with van der Waals surface area (Å²) in [6.07, 6.45) is 10.9. The summed E-state index contributed by atoms with van der Waals surface area (Å²) in [6, 6.07) is 8.91. The number of aliphatic hydroxyl groups excluding tert-OH is 1. The van der Waals surface area contributed by atoms with Gasteiger partial charge in [0.15, 0.2) is 0 Å². The third-order valence-electron chi connectivity index (χ3n) is 6.86. The number of hydrogen-bond donors (Lipinski definition) is 2. The van der Waals surface area contributed by atoms with Gasteiger partial charge in [-0.15, -0.1) is 0 Å². The molecule has 0 bridgehead atoms. The monoisotopic (exact) mass is 364 g/mol. The van der Waals surface area contributed by atoms with Crippen molar-refractivity contribution in [3.05, 3.63) is 65.8 Å². The van der Waals surface area contributed by atoms with Crippen molar-refractivity contribution in [3.63, 3.8) is 0 Å². The van der Waals surface area contributed by atoms with Gasteiger partial charge in [-0.05, 0) is 43.5 Å². The molecule has 2 atom stereocenters. The number of likely N-dealkylation sites (tertiary alicyclic amines) is 1. The normalized spacial score (nSPS) is 27.9.